The molecule has 3 amide bonds. The van der Waals surface area contributed by atoms with Crippen LogP contribution in [0.25, 0.3) is 0 Å². The van der Waals surface area contributed by atoms with Crippen LogP contribution in [0.2, 0.25) is 5.02 Å². The highest BCUT2D eigenvalue weighted by atomic mass is 35.5. The lowest BCUT2D eigenvalue weighted by atomic mass is 10.2. The maximum Gasteiger partial charge on any atom is 0.338 e. The quantitative estimate of drug-likeness (QED) is 0.600. The number of halogens is 1. The fourth-order valence-electron chi connectivity index (χ4n) is 2.78. The number of methoxy groups -OCH3 is 1. The van der Waals surface area contributed by atoms with Gasteiger partial charge in [0.25, 0.3) is 5.91 Å². The molecule has 0 saturated heterocycles. The van der Waals surface area contributed by atoms with E-state index < -0.39 is 24.5 Å². The number of urea groups is 1. The first-order chi connectivity index (χ1) is 15.4. The van der Waals surface area contributed by atoms with Gasteiger partial charge in [0.2, 0.25) is 0 Å². The van der Waals surface area contributed by atoms with E-state index in [4.69, 9.17) is 35.3 Å². The van der Waals surface area contributed by atoms with Crippen LogP contribution in [0.5, 0.6) is 23.0 Å². The Labute approximate surface area is 188 Å². The number of ether oxygens (including phenoxy) is 5. The van der Waals surface area contributed by atoms with Crippen LogP contribution in [0.1, 0.15) is 17.3 Å². The summed E-state index contributed by atoms with van der Waals surface area (Å²) >= 11 is 6.13. The summed E-state index contributed by atoms with van der Waals surface area (Å²) in [7, 11) is 1.40. The summed E-state index contributed by atoms with van der Waals surface area (Å²) in [5.74, 6) is -0.0562. The molecule has 1 heterocycles. The molecule has 11 heteroatoms. The van der Waals surface area contributed by atoms with Crippen LogP contribution < -0.4 is 29.6 Å². The smallest absolute Gasteiger partial charge is 0.338 e. The fraction of sp³-hybridized carbons (Fsp3) is 0.286. The molecule has 0 aromatic heterocycles. The molecule has 170 valence electrons. The molecule has 0 radical (unpaired) electrons. The van der Waals surface area contributed by atoms with E-state index in [1.165, 1.54) is 19.2 Å². The fourth-order valence-corrected chi connectivity index (χ4v) is 3.05. The maximum absolute atomic E-state index is 12.3. The van der Waals surface area contributed by atoms with E-state index in [9.17, 15) is 14.4 Å². The van der Waals surface area contributed by atoms with Gasteiger partial charge >= 0.3 is 12.0 Å². The van der Waals surface area contributed by atoms with Crippen LogP contribution in [0.4, 0.5) is 10.5 Å². The first-order valence-electron chi connectivity index (χ1n) is 9.59. The standard InChI is InChI=1S/C21H21ClN2O8/c1-3-29-19-14(22)8-12(9-17(19)28-2)20(26)32-11-18(25)24-21(27)23-13-4-5-15-16(10-13)31-7-6-30-15/h4-5,8-10H,3,6-7,11H2,1-2H3,(H2,23,24,25,27). The van der Waals surface area contributed by atoms with Crippen LogP contribution in [0.3, 0.4) is 0 Å². The minimum atomic E-state index is -0.823. The Bertz CT molecular complexity index is 1030. The van der Waals surface area contributed by atoms with E-state index in [1.807, 2.05) is 0 Å². The summed E-state index contributed by atoms with van der Waals surface area (Å²) in [6.07, 6.45) is 0. The molecule has 1 aliphatic heterocycles. The number of anilines is 1. The average Bonchev–Trinajstić information content (AvgIpc) is 2.78. The predicted molar refractivity (Wildman–Crippen MR) is 114 cm³/mol. The van der Waals surface area contributed by atoms with Crippen molar-refractivity contribution in [3.63, 3.8) is 0 Å². The van der Waals surface area contributed by atoms with Crippen LogP contribution in [0.15, 0.2) is 30.3 Å². The molecule has 0 saturated carbocycles. The van der Waals surface area contributed by atoms with Gasteiger partial charge in [-0.3, -0.25) is 10.1 Å². The molecule has 10 nitrogen and oxygen atoms in total. The largest absolute Gasteiger partial charge is 0.493 e. The van der Waals surface area contributed by atoms with Gasteiger partial charge in [-0.05, 0) is 31.2 Å². The lowest BCUT2D eigenvalue weighted by Crippen LogP contribution is -2.37. The highest BCUT2D eigenvalue weighted by molar-refractivity contribution is 6.32. The number of amides is 3. The Morgan fingerprint density at radius 2 is 1.84 bits per heavy atom. The van der Waals surface area contributed by atoms with Gasteiger partial charge in [0.05, 0.1) is 24.3 Å². The number of carbonyl (C=O) groups is 3. The molecule has 0 fully saturated rings. The van der Waals surface area contributed by atoms with E-state index in [2.05, 4.69) is 10.6 Å². The number of rotatable bonds is 7. The summed E-state index contributed by atoms with van der Waals surface area (Å²) in [6, 6.07) is 6.73. The lowest BCUT2D eigenvalue weighted by Gasteiger charge is -2.19. The molecule has 2 aromatic carbocycles. The minimum absolute atomic E-state index is 0.0591. The normalized spacial score (nSPS) is 11.8. The van der Waals surface area contributed by atoms with Crippen molar-refractivity contribution >= 4 is 35.2 Å². The van der Waals surface area contributed by atoms with Gasteiger partial charge in [-0.2, -0.15) is 0 Å². The molecule has 1 aliphatic rings. The third kappa shape index (κ3) is 5.73. The van der Waals surface area contributed by atoms with Crippen molar-refractivity contribution in [2.75, 3.05) is 38.9 Å². The number of hydrogen-bond donors (Lipinski definition) is 2. The van der Waals surface area contributed by atoms with Gasteiger partial charge in [-0.15, -0.1) is 0 Å². The number of hydrogen-bond acceptors (Lipinski definition) is 8. The monoisotopic (exact) mass is 464 g/mol. The first-order valence-corrected chi connectivity index (χ1v) is 9.97. The number of imide groups is 1. The number of nitrogens with one attached hydrogen (secondary N) is 2. The summed E-state index contributed by atoms with van der Waals surface area (Å²) in [5.41, 5.74) is 0.455. The molecule has 3 rings (SSSR count). The second-order valence-corrected chi connectivity index (χ2v) is 6.77. The van der Waals surface area contributed by atoms with Gasteiger partial charge in [0, 0.05) is 11.8 Å². The van der Waals surface area contributed by atoms with Gasteiger partial charge in [0.15, 0.2) is 29.6 Å². The Balaban J connectivity index is 1.52. The maximum atomic E-state index is 12.3. The molecular formula is C21H21ClN2O8. The second-order valence-electron chi connectivity index (χ2n) is 6.36. The minimum Gasteiger partial charge on any atom is -0.493 e. The zero-order valence-electron chi connectivity index (χ0n) is 17.4. The van der Waals surface area contributed by atoms with Crippen molar-refractivity contribution in [3.8, 4) is 23.0 Å². The zero-order valence-corrected chi connectivity index (χ0v) is 18.1. The molecule has 0 bridgehead atoms. The molecule has 0 atom stereocenters. The Kier molecular flexibility index (Phi) is 7.61. The second kappa shape index (κ2) is 10.6. The topological polar surface area (TPSA) is 121 Å². The Morgan fingerprint density at radius 3 is 2.56 bits per heavy atom. The molecule has 0 aliphatic carbocycles. The van der Waals surface area contributed by atoms with E-state index >= 15 is 0 Å². The summed E-state index contributed by atoms with van der Waals surface area (Å²) in [5, 5.41) is 4.71. The molecular weight excluding hydrogens is 444 g/mol. The van der Waals surface area contributed by atoms with Crippen LogP contribution >= 0.6 is 11.6 Å². The molecule has 32 heavy (non-hydrogen) atoms. The van der Waals surface area contributed by atoms with Crippen LogP contribution in [0, 0.1) is 0 Å². The van der Waals surface area contributed by atoms with E-state index in [-0.39, 0.29) is 16.3 Å². The van der Waals surface area contributed by atoms with Crippen molar-refractivity contribution in [1.82, 2.24) is 5.32 Å². The highest BCUT2D eigenvalue weighted by Gasteiger charge is 2.19. The van der Waals surface area contributed by atoms with Crippen molar-refractivity contribution in [1.29, 1.82) is 0 Å². The van der Waals surface area contributed by atoms with E-state index in [1.54, 1.807) is 25.1 Å². The van der Waals surface area contributed by atoms with Gasteiger partial charge < -0.3 is 29.0 Å². The van der Waals surface area contributed by atoms with Crippen LogP contribution in [-0.2, 0) is 9.53 Å². The van der Waals surface area contributed by atoms with Crippen molar-refractivity contribution in [3.05, 3.63) is 40.9 Å². The first kappa shape index (κ1) is 23.0. The van der Waals surface area contributed by atoms with Crippen LogP contribution in [-0.4, -0.2) is 51.4 Å². The van der Waals surface area contributed by atoms with Gasteiger partial charge in [-0.1, -0.05) is 11.6 Å². The van der Waals surface area contributed by atoms with E-state index in [0.29, 0.717) is 42.8 Å². The highest BCUT2D eigenvalue weighted by Crippen LogP contribution is 2.36. The van der Waals surface area contributed by atoms with E-state index in [0.717, 1.165) is 0 Å². The number of esters is 1. The number of carbonyl (C=O) groups excluding carboxylic acids is 3. The zero-order chi connectivity index (χ0) is 23.1. The predicted octanol–water partition coefficient (Wildman–Crippen LogP) is 3.02. The molecule has 2 aromatic rings. The molecule has 0 unspecified atom stereocenters. The average molecular weight is 465 g/mol. The van der Waals surface area contributed by atoms with Gasteiger partial charge in [-0.25, -0.2) is 9.59 Å². The number of benzene rings is 2. The molecule has 0 spiro atoms. The SMILES string of the molecule is CCOc1c(Cl)cc(C(=O)OCC(=O)NC(=O)Nc2ccc3c(c2)OCCO3)cc1OC. The van der Waals surface area contributed by atoms with Crippen molar-refractivity contribution in [2.24, 2.45) is 0 Å². The third-order valence-electron chi connectivity index (χ3n) is 4.14. The third-order valence-corrected chi connectivity index (χ3v) is 4.42. The van der Waals surface area contributed by atoms with Gasteiger partial charge in [0.1, 0.15) is 13.2 Å². The summed E-state index contributed by atoms with van der Waals surface area (Å²) in [4.78, 5) is 36.3. The Morgan fingerprint density at radius 1 is 1.09 bits per heavy atom. The summed E-state index contributed by atoms with van der Waals surface area (Å²) in [6.45, 7) is 2.30. The van der Waals surface area contributed by atoms with Crippen molar-refractivity contribution < 1.29 is 38.1 Å². The van der Waals surface area contributed by atoms with Crippen molar-refractivity contribution in [2.45, 2.75) is 6.92 Å². The molecule has 2 N–H and O–H groups in total. The lowest BCUT2D eigenvalue weighted by molar-refractivity contribution is -0.123. The summed E-state index contributed by atoms with van der Waals surface area (Å²) < 4.78 is 26.3. The number of fused-ring (bicyclic) bond motifs is 1. The Hall–Kier alpha value is -3.66.